The zero-order valence-corrected chi connectivity index (χ0v) is 20.2. The molecule has 2 aromatic carbocycles. The molecule has 2 rings (SSSR count). The maximum Gasteiger partial charge on any atom is 0.326 e. The quantitative estimate of drug-likeness (QED) is 0.367. The van der Waals surface area contributed by atoms with E-state index in [1.54, 1.807) is 62.4 Å². The molecule has 34 heavy (non-hydrogen) atoms. The molecule has 2 atom stereocenters. The molecule has 0 spiro atoms. The lowest BCUT2D eigenvalue weighted by Gasteiger charge is -2.28. The molecule has 0 aliphatic carbocycles. The number of amides is 2. The number of aliphatic carboxylic acids is 2. The molecule has 0 aromatic heterocycles. The Hall–Kier alpha value is -3.10. The lowest BCUT2D eigenvalue weighted by Crippen LogP contribution is -2.55. The van der Waals surface area contributed by atoms with Gasteiger partial charge in [0, 0.05) is 22.9 Å². The number of carboxylic acids is 2. The smallest absolute Gasteiger partial charge is 0.326 e. The van der Waals surface area contributed by atoms with Gasteiger partial charge in [-0.05, 0) is 55.7 Å². The highest BCUT2D eigenvalue weighted by atomic mass is 35.5. The molecular weight excluding hydrogens is 483 g/mol. The Kier molecular flexibility index (Phi) is 9.46. The summed E-state index contributed by atoms with van der Waals surface area (Å²) in [6.45, 7) is 3.38. The number of rotatable bonds is 11. The number of nitrogens with one attached hydrogen (secondary N) is 2. The van der Waals surface area contributed by atoms with Gasteiger partial charge in [-0.15, -0.1) is 0 Å². The molecule has 0 unspecified atom stereocenters. The summed E-state index contributed by atoms with van der Waals surface area (Å²) in [5.41, 5.74) is 0.329. The van der Waals surface area contributed by atoms with Crippen molar-refractivity contribution < 1.29 is 29.4 Å². The van der Waals surface area contributed by atoms with Gasteiger partial charge < -0.3 is 20.8 Å². The molecule has 10 heteroatoms. The van der Waals surface area contributed by atoms with Gasteiger partial charge in [0.2, 0.25) is 11.8 Å². The molecule has 0 fully saturated rings. The van der Waals surface area contributed by atoms with Crippen molar-refractivity contribution in [2.24, 2.45) is 0 Å². The van der Waals surface area contributed by atoms with E-state index in [1.807, 2.05) is 0 Å². The SMILES string of the molecule is CC(C)(C(=O)N[C@@H](Cc1ccc(Cl)cc1)C(=O)N[C@H](CCC(=O)O)C(=O)O)c1ccc(Cl)cc1. The summed E-state index contributed by atoms with van der Waals surface area (Å²) in [6.07, 6.45) is -0.667. The van der Waals surface area contributed by atoms with Crippen LogP contribution in [-0.2, 0) is 31.0 Å². The summed E-state index contributed by atoms with van der Waals surface area (Å²) in [7, 11) is 0. The molecule has 0 heterocycles. The van der Waals surface area contributed by atoms with E-state index in [1.165, 1.54) is 0 Å². The summed E-state index contributed by atoms with van der Waals surface area (Å²) >= 11 is 11.9. The molecule has 4 N–H and O–H groups in total. The Morgan fingerprint density at radius 2 is 1.38 bits per heavy atom. The van der Waals surface area contributed by atoms with Crippen molar-refractivity contribution in [3.05, 3.63) is 69.7 Å². The van der Waals surface area contributed by atoms with Gasteiger partial charge in [-0.25, -0.2) is 4.79 Å². The fourth-order valence-corrected chi connectivity index (χ4v) is 3.45. The van der Waals surface area contributed by atoms with E-state index in [9.17, 15) is 24.3 Å². The van der Waals surface area contributed by atoms with Gasteiger partial charge in [0.05, 0.1) is 5.41 Å². The molecule has 2 amide bonds. The van der Waals surface area contributed by atoms with Crippen LogP contribution in [0, 0.1) is 0 Å². The van der Waals surface area contributed by atoms with E-state index in [-0.39, 0.29) is 12.8 Å². The zero-order chi connectivity index (χ0) is 25.5. The van der Waals surface area contributed by atoms with E-state index in [2.05, 4.69) is 10.6 Å². The van der Waals surface area contributed by atoms with Crippen molar-refractivity contribution in [1.82, 2.24) is 10.6 Å². The van der Waals surface area contributed by atoms with E-state index in [4.69, 9.17) is 28.3 Å². The number of hydrogen-bond donors (Lipinski definition) is 4. The standard InChI is InChI=1S/C24H26Cl2N2O6/c1-24(2,15-5-9-17(26)10-6-15)23(34)28-19(13-14-3-7-16(25)8-4-14)21(31)27-18(22(32)33)11-12-20(29)30/h3-10,18-19H,11-13H2,1-2H3,(H,27,31)(H,28,34)(H,29,30)(H,32,33)/t18-,19+/m1/s1. The van der Waals surface area contributed by atoms with Gasteiger partial charge in [0.25, 0.3) is 0 Å². The van der Waals surface area contributed by atoms with Crippen LogP contribution in [0.3, 0.4) is 0 Å². The van der Waals surface area contributed by atoms with Crippen LogP contribution < -0.4 is 10.6 Å². The summed E-state index contributed by atoms with van der Waals surface area (Å²) < 4.78 is 0. The number of hydrogen-bond acceptors (Lipinski definition) is 4. The average molecular weight is 509 g/mol. The first kappa shape index (κ1) is 27.1. The molecule has 0 saturated heterocycles. The van der Waals surface area contributed by atoms with Gasteiger partial charge in [0.1, 0.15) is 12.1 Å². The van der Waals surface area contributed by atoms with Crippen molar-refractivity contribution in [1.29, 1.82) is 0 Å². The second-order valence-electron chi connectivity index (χ2n) is 8.32. The topological polar surface area (TPSA) is 133 Å². The highest BCUT2D eigenvalue weighted by Crippen LogP contribution is 2.25. The molecule has 182 valence electrons. The van der Waals surface area contributed by atoms with Gasteiger partial charge >= 0.3 is 11.9 Å². The van der Waals surface area contributed by atoms with Gasteiger partial charge in [0.15, 0.2) is 0 Å². The van der Waals surface area contributed by atoms with Crippen molar-refractivity contribution in [2.45, 2.75) is 50.6 Å². The predicted octanol–water partition coefficient (Wildman–Crippen LogP) is 3.43. The second kappa shape index (κ2) is 11.9. The van der Waals surface area contributed by atoms with E-state index >= 15 is 0 Å². The maximum atomic E-state index is 13.2. The summed E-state index contributed by atoms with van der Waals surface area (Å²) in [5.74, 6) is -3.75. The van der Waals surface area contributed by atoms with Crippen LogP contribution in [0.5, 0.6) is 0 Å². The van der Waals surface area contributed by atoms with Crippen LogP contribution in [0.4, 0.5) is 0 Å². The minimum Gasteiger partial charge on any atom is -0.481 e. The number of carboxylic acid groups (broad SMARTS) is 2. The van der Waals surface area contributed by atoms with E-state index in [0.717, 1.165) is 0 Å². The first-order valence-corrected chi connectivity index (χ1v) is 11.2. The fraction of sp³-hybridized carbons (Fsp3) is 0.333. The largest absolute Gasteiger partial charge is 0.481 e. The third-order valence-corrected chi connectivity index (χ3v) is 5.87. The third kappa shape index (κ3) is 7.74. The molecule has 0 bridgehead atoms. The average Bonchev–Trinajstić information content (AvgIpc) is 2.77. The summed E-state index contributed by atoms with van der Waals surface area (Å²) in [4.78, 5) is 48.6. The number of carbonyl (C=O) groups excluding carboxylic acids is 2. The lowest BCUT2D eigenvalue weighted by atomic mass is 9.83. The Morgan fingerprint density at radius 3 is 1.88 bits per heavy atom. The summed E-state index contributed by atoms with van der Waals surface area (Å²) in [5, 5.41) is 24.3. The molecule has 0 saturated carbocycles. The molecular formula is C24H26Cl2N2O6. The van der Waals surface area contributed by atoms with E-state index in [0.29, 0.717) is 21.2 Å². The predicted molar refractivity (Wildman–Crippen MR) is 128 cm³/mol. The summed E-state index contributed by atoms with van der Waals surface area (Å²) in [6, 6.07) is 10.9. The fourth-order valence-electron chi connectivity index (χ4n) is 3.20. The molecule has 0 radical (unpaired) electrons. The van der Waals surface area contributed by atoms with Gasteiger partial charge in [-0.2, -0.15) is 0 Å². The molecule has 0 aliphatic rings. The maximum absolute atomic E-state index is 13.2. The molecule has 0 aliphatic heterocycles. The highest BCUT2D eigenvalue weighted by Gasteiger charge is 2.34. The highest BCUT2D eigenvalue weighted by molar-refractivity contribution is 6.30. The van der Waals surface area contributed by atoms with Crippen LogP contribution in [0.25, 0.3) is 0 Å². The van der Waals surface area contributed by atoms with Crippen molar-refractivity contribution in [3.63, 3.8) is 0 Å². The Balaban J connectivity index is 2.27. The normalized spacial score (nSPS) is 12.9. The Bertz CT molecular complexity index is 1040. The van der Waals surface area contributed by atoms with Crippen molar-refractivity contribution in [2.75, 3.05) is 0 Å². The number of halogens is 2. The van der Waals surface area contributed by atoms with E-state index < -0.39 is 47.7 Å². The number of benzene rings is 2. The molecule has 2 aromatic rings. The van der Waals surface area contributed by atoms with Gasteiger partial charge in [-0.1, -0.05) is 47.5 Å². The zero-order valence-electron chi connectivity index (χ0n) is 18.7. The second-order valence-corrected chi connectivity index (χ2v) is 9.19. The van der Waals surface area contributed by atoms with Crippen molar-refractivity contribution >= 4 is 47.0 Å². The van der Waals surface area contributed by atoms with Crippen LogP contribution in [0.1, 0.15) is 37.8 Å². The Labute approximate surface area is 207 Å². The minimum absolute atomic E-state index is 0.0662. The number of carbonyl (C=O) groups is 4. The van der Waals surface area contributed by atoms with Crippen molar-refractivity contribution in [3.8, 4) is 0 Å². The minimum atomic E-state index is -1.42. The van der Waals surface area contributed by atoms with Crippen LogP contribution in [-0.4, -0.2) is 46.0 Å². The third-order valence-electron chi connectivity index (χ3n) is 5.37. The molecule has 8 nitrogen and oxygen atoms in total. The van der Waals surface area contributed by atoms with Crippen LogP contribution in [0.15, 0.2) is 48.5 Å². The first-order valence-electron chi connectivity index (χ1n) is 10.5. The Morgan fingerprint density at radius 1 is 0.853 bits per heavy atom. The van der Waals surface area contributed by atoms with Gasteiger partial charge in [-0.3, -0.25) is 14.4 Å². The van der Waals surface area contributed by atoms with Crippen LogP contribution in [0.2, 0.25) is 10.0 Å². The lowest BCUT2D eigenvalue weighted by molar-refractivity contribution is -0.143. The first-order chi connectivity index (χ1) is 15.9. The van der Waals surface area contributed by atoms with Crippen LogP contribution >= 0.6 is 23.2 Å². The monoisotopic (exact) mass is 508 g/mol.